The van der Waals surface area contributed by atoms with Crippen molar-refractivity contribution in [2.24, 2.45) is 5.73 Å². The Balaban J connectivity index is 1.84. The second-order valence-corrected chi connectivity index (χ2v) is 5.51. The number of fused-ring (bicyclic) bond motifs is 1. The minimum absolute atomic E-state index is 0.173. The SMILES string of the molecule is Cc1cc(C2COc3ccccc3O2)oc(=O)c1C(=O)NCC(N)=O. The number of ether oxygens (including phenoxy) is 2. The van der Waals surface area contributed by atoms with Crippen molar-refractivity contribution in [3.8, 4) is 11.5 Å². The average Bonchev–Trinajstić information content (AvgIpc) is 2.58. The monoisotopic (exact) mass is 344 g/mol. The zero-order chi connectivity index (χ0) is 18.0. The Bertz CT molecular complexity index is 889. The van der Waals surface area contributed by atoms with Crippen LogP contribution in [0.25, 0.3) is 0 Å². The minimum Gasteiger partial charge on any atom is -0.485 e. The van der Waals surface area contributed by atoms with Crippen molar-refractivity contribution in [1.82, 2.24) is 5.32 Å². The highest BCUT2D eigenvalue weighted by atomic mass is 16.6. The van der Waals surface area contributed by atoms with E-state index in [0.29, 0.717) is 17.1 Å². The Morgan fingerprint density at radius 1 is 1.28 bits per heavy atom. The first-order valence-corrected chi connectivity index (χ1v) is 7.55. The summed E-state index contributed by atoms with van der Waals surface area (Å²) < 4.78 is 16.6. The van der Waals surface area contributed by atoms with Crippen LogP contribution in [0.3, 0.4) is 0 Å². The molecule has 0 saturated carbocycles. The molecule has 8 heteroatoms. The van der Waals surface area contributed by atoms with E-state index in [1.807, 2.05) is 6.07 Å². The Kier molecular flexibility index (Phi) is 4.42. The third kappa shape index (κ3) is 3.47. The number of para-hydroxylation sites is 2. The molecule has 2 heterocycles. The molecule has 1 aromatic carbocycles. The molecule has 0 aliphatic carbocycles. The fraction of sp³-hybridized carbons (Fsp3) is 0.235. The molecular formula is C17H16N2O6. The predicted octanol–water partition coefficient (Wildman–Crippen LogP) is 0.676. The lowest BCUT2D eigenvalue weighted by atomic mass is 10.1. The van der Waals surface area contributed by atoms with Crippen molar-refractivity contribution < 1.29 is 23.5 Å². The van der Waals surface area contributed by atoms with Crippen molar-refractivity contribution in [2.45, 2.75) is 13.0 Å². The maximum atomic E-state index is 12.2. The molecule has 0 radical (unpaired) electrons. The highest BCUT2D eigenvalue weighted by Gasteiger charge is 2.27. The summed E-state index contributed by atoms with van der Waals surface area (Å²) in [6.07, 6.45) is -0.607. The van der Waals surface area contributed by atoms with Gasteiger partial charge in [0.2, 0.25) is 5.91 Å². The molecule has 3 rings (SSSR count). The molecule has 1 atom stereocenters. The quantitative estimate of drug-likeness (QED) is 0.841. The second kappa shape index (κ2) is 6.68. The first-order valence-electron chi connectivity index (χ1n) is 7.55. The summed E-state index contributed by atoms with van der Waals surface area (Å²) in [6, 6.07) is 8.70. The number of carbonyl (C=O) groups excluding carboxylic acids is 2. The van der Waals surface area contributed by atoms with Gasteiger partial charge in [0.05, 0.1) is 6.54 Å². The number of benzene rings is 1. The number of rotatable bonds is 4. The van der Waals surface area contributed by atoms with Gasteiger partial charge in [-0.1, -0.05) is 12.1 Å². The van der Waals surface area contributed by atoms with Gasteiger partial charge >= 0.3 is 5.63 Å². The third-order valence-electron chi connectivity index (χ3n) is 3.64. The topological polar surface area (TPSA) is 121 Å². The summed E-state index contributed by atoms with van der Waals surface area (Å²) in [5.74, 6) is -0.0211. The van der Waals surface area contributed by atoms with Gasteiger partial charge in [-0.2, -0.15) is 0 Å². The molecule has 130 valence electrons. The number of hydrogen-bond donors (Lipinski definition) is 2. The smallest absolute Gasteiger partial charge is 0.349 e. The number of primary amides is 1. The van der Waals surface area contributed by atoms with Crippen molar-refractivity contribution in [2.75, 3.05) is 13.2 Å². The molecule has 1 aromatic heterocycles. The second-order valence-electron chi connectivity index (χ2n) is 5.51. The molecular weight excluding hydrogens is 328 g/mol. The highest BCUT2D eigenvalue weighted by molar-refractivity contribution is 5.97. The van der Waals surface area contributed by atoms with E-state index in [4.69, 9.17) is 19.6 Å². The molecule has 1 aliphatic rings. The first-order chi connectivity index (χ1) is 12.0. The van der Waals surface area contributed by atoms with Gasteiger partial charge in [-0.05, 0) is 30.7 Å². The van der Waals surface area contributed by atoms with E-state index in [9.17, 15) is 14.4 Å². The Labute approximate surface area is 142 Å². The number of hydrogen-bond acceptors (Lipinski definition) is 6. The Morgan fingerprint density at radius 2 is 2.00 bits per heavy atom. The van der Waals surface area contributed by atoms with Crippen LogP contribution in [0.15, 0.2) is 39.5 Å². The normalized spacial score (nSPS) is 15.5. The summed E-state index contributed by atoms with van der Waals surface area (Å²) in [5.41, 5.74) is 4.37. The third-order valence-corrected chi connectivity index (χ3v) is 3.64. The summed E-state index contributed by atoms with van der Waals surface area (Å²) >= 11 is 0. The van der Waals surface area contributed by atoms with Gasteiger partial charge in [-0.3, -0.25) is 9.59 Å². The first kappa shape index (κ1) is 16.6. The van der Waals surface area contributed by atoms with Crippen LogP contribution in [0.1, 0.15) is 27.8 Å². The zero-order valence-electron chi connectivity index (χ0n) is 13.4. The molecule has 0 saturated heterocycles. The summed E-state index contributed by atoms with van der Waals surface area (Å²) in [4.78, 5) is 34.9. The van der Waals surface area contributed by atoms with Crippen LogP contribution in [0.4, 0.5) is 0 Å². The molecule has 0 bridgehead atoms. The zero-order valence-corrected chi connectivity index (χ0v) is 13.4. The van der Waals surface area contributed by atoms with E-state index in [2.05, 4.69) is 5.32 Å². The van der Waals surface area contributed by atoms with Gasteiger partial charge in [0.25, 0.3) is 5.91 Å². The fourth-order valence-electron chi connectivity index (χ4n) is 2.48. The average molecular weight is 344 g/mol. The fourth-order valence-corrected chi connectivity index (χ4v) is 2.48. The molecule has 0 fully saturated rings. The van der Waals surface area contributed by atoms with E-state index < -0.39 is 23.5 Å². The maximum Gasteiger partial charge on any atom is 0.349 e. The van der Waals surface area contributed by atoms with Crippen molar-refractivity contribution in [1.29, 1.82) is 0 Å². The number of nitrogens with two attached hydrogens (primary N) is 1. The maximum absolute atomic E-state index is 12.2. The lowest BCUT2D eigenvalue weighted by Gasteiger charge is -2.25. The molecule has 2 amide bonds. The number of nitrogens with one attached hydrogen (secondary N) is 1. The number of aryl methyl sites for hydroxylation is 1. The standard InChI is InChI=1S/C17H16N2O6/c1-9-6-12(13-8-23-10-4-2-3-5-11(10)24-13)25-17(22)15(9)16(21)19-7-14(18)20/h2-6,13H,7-8H2,1H3,(H2,18,20)(H,19,21). The molecule has 1 unspecified atom stereocenters. The van der Waals surface area contributed by atoms with Crippen LogP contribution in [0.2, 0.25) is 0 Å². The van der Waals surface area contributed by atoms with Crippen LogP contribution in [0.5, 0.6) is 11.5 Å². The molecule has 3 N–H and O–H groups in total. The van der Waals surface area contributed by atoms with Gasteiger partial charge in [0.15, 0.2) is 23.4 Å². The van der Waals surface area contributed by atoms with E-state index >= 15 is 0 Å². The summed E-state index contributed by atoms with van der Waals surface area (Å²) in [7, 11) is 0. The van der Waals surface area contributed by atoms with Gasteiger partial charge in [0, 0.05) is 0 Å². The van der Waals surface area contributed by atoms with Crippen molar-refractivity contribution in [3.05, 3.63) is 57.6 Å². The Morgan fingerprint density at radius 3 is 2.68 bits per heavy atom. The molecule has 25 heavy (non-hydrogen) atoms. The van der Waals surface area contributed by atoms with E-state index in [0.717, 1.165) is 0 Å². The van der Waals surface area contributed by atoms with Crippen LogP contribution >= 0.6 is 0 Å². The van der Waals surface area contributed by atoms with Crippen molar-refractivity contribution >= 4 is 11.8 Å². The predicted molar refractivity (Wildman–Crippen MR) is 86.5 cm³/mol. The van der Waals surface area contributed by atoms with Crippen LogP contribution in [0, 0.1) is 6.92 Å². The van der Waals surface area contributed by atoms with E-state index in [-0.39, 0.29) is 24.5 Å². The Hall–Kier alpha value is -3.29. The van der Waals surface area contributed by atoms with Gasteiger partial charge in [-0.25, -0.2) is 4.79 Å². The van der Waals surface area contributed by atoms with Crippen LogP contribution in [-0.2, 0) is 4.79 Å². The molecule has 8 nitrogen and oxygen atoms in total. The number of amides is 2. The largest absolute Gasteiger partial charge is 0.485 e. The lowest BCUT2D eigenvalue weighted by Crippen LogP contribution is -2.36. The summed E-state index contributed by atoms with van der Waals surface area (Å²) in [5, 5.41) is 2.26. The summed E-state index contributed by atoms with van der Waals surface area (Å²) in [6.45, 7) is 1.40. The minimum atomic E-state index is -0.820. The van der Waals surface area contributed by atoms with Gasteiger partial charge in [0.1, 0.15) is 12.2 Å². The lowest BCUT2D eigenvalue weighted by molar-refractivity contribution is -0.117. The molecule has 0 spiro atoms. The van der Waals surface area contributed by atoms with E-state index in [1.54, 1.807) is 31.2 Å². The van der Waals surface area contributed by atoms with Gasteiger partial charge < -0.3 is 24.9 Å². The number of carbonyl (C=O) groups is 2. The van der Waals surface area contributed by atoms with Crippen molar-refractivity contribution in [3.63, 3.8) is 0 Å². The van der Waals surface area contributed by atoms with Gasteiger partial charge in [-0.15, -0.1) is 0 Å². The highest BCUT2D eigenvalue weighted by Crippen LogP contribution is 2.35. The van der Waals surface area contributed by atoms with E-state index in [1.165, 1.54) is 0 Å². The molecule has 1 aliphatic heterocycles. The van der Waals surface area contributed by atoms with Crippen LogP contribution in [-0.4, -0.2) is 25.0 Å². The van der Waals surface area contributed by atoms with Crippen LogP contribution < -0.4 is 26.1 Å². The molecule has 2 aromatic rings.